The number of nitrogens with one attached hydrogen (secondary N) is 1. The molecule has 1 aromatic rings. The number of aryl methyl sites for hydroxylation is 1. The second kappa shape index (κ2) is 8.57. The third-order valence-corrected chi connectivity index (χ3v) is 3.90. The van der Waals surface area contributed by atoms with Gasteiger partial charge in [-0.15, -0.1) is 0 Å². The molecule has 0 radical (unpaired) electrons. The van der Waals surface area contributed by atoms with Crippen molar-refractivity contribution in [1.29, 1.82) is 0 Å². The normalized spacial score (nSPS) is 16.4. The number of unbranched alkanes of at least 4 members (excludes halogenated alkanes) is 1. The molecule has 108 valence electrons. The number of allylic oxidation sites excluding steroid dienone is 1. The first-order valence-corrected chi connectivity index (χ1v) is 7.85. The lowest BCUT2D eigenvalue weighted by Crippen LogP contribution is -2.34. The van der Waals surface area contributed by atoms with Crippen LogP contribution in [0, 0.1) is 0 Å². The molecule has 1 aliphatic rings. The highest BCUT2D eigenvalue weighted by molar-refractivity contribution is 5.87. The number of benzene rings is 1. The van der Waals surface area contributed by atoms with Crippen LogP contribution in [0.5, 0.6) is 0 Å². The Kier molecular flexibility index (Phi) is 6.36. The van der Waals surface area contributed by atoms with Gasteiger partial charge in [-0.1, -0.05) is 55.7 Å². The standard InChI is InChI=1S/C18H25NO/c20-18(19-17-13-7-3-8-14-17)15-9-2-6-12-16-10-4-1-5-11-16/h1,4-5,9-11,15,17H,2-3,6-8,12-14H2,(H,19,20). The summed E-state index contributed by atoms with van der Waals surface area (Å²) in [6.07, 6.45) is 13.0. The van der Waals surface area contributed by atoms with Crippen molar-refractivity contribution in [1.82, 2.24) is 5.32 Å². The quantitative estimate of drug-likeness (QED) is 0.614. The zero-order chi connectivity index (χ0) is 14.0. The number of rotatable bonds is 6. The molecular weight excluding hydrogens is 246 g/mol. The predicted octanol–water partition coefficient (Wildman–Crippen LogP) is 4.01. The molecule has 2 nitrogen and oxygen atoms in total. The van der Waals surface area contributed by atoms with Crippen molar-refractivity contribution >= 4 is 5.91 Å². The van der Waals surface area contributed by atoms with Gasteiger partial charge in [-0.2, -0.15) is 0 Å². The van der Waals surface area contributed by atoms with Crippen LogP contribution in [0.1, 0.15) is 50.5 Å². The van der Waals surface area contributed by atoms with Gasteiger partial charge in [0.15, 0.2) is 0 Å². The van der Waals surface area contributed by atoms with Gasteiger partial charge in [0.05, 0.1) is 0 Å². The van der Waals surface area contributed by atoms with E-state index in [1.165, 1.54) is 24.8 Å². The van der Waals surface area contributed by atoms with Gasteiger partial charge in [-0.25, -0.2) is 0 Å². The van der Waals surface area contributed by atoms with Crippen molar-refractivity contribution in [2.24, 2.45) is 0 Å². The zero-order valence-electron chi connectivity index (χ0n) is 12.2. The maximum absolute atomic E-state index is 11.7. The van der Waals surface area contributed by atoms with Crippen LogP contribution in [-0.4, -0.2) is 11.9 Å². The summed E-state index contributed by atoms with van der Waals surface area (Å²) in [6, 6.07) is 10.9. The Balaban J connectivity index is 1.59. The average Bonchev–Trinajstić information content (AvgIpc) is 2.49. The topological polar surface area (TPSA) is 29.1 Å². The smallest absolute Gasteiger partial charge is 0.243 e. The third kappa shape index (κ3) is 5.60. The molecule has 1 saturated carbocycles. The summed E-state index contributed by atoms with van der Waals surface area (Å²) in [6.45, 7) is 0. The molecule has 1 fully saturated rings. The summed E-state index contributed by atoms with van der Waals surface area (Å²) in [4.78, 5) is 11.7. The molecule has 0 atom stereocenters. The Bertz CT molecular complexity index is 418. The maximum Gasteiger partial charge on any atom is 0.243 e. The number of carbonyl (C=O) groups is 1. The van der Waals surface area contributed by atoms with Gasteiger partial charge in [0.2, 0.25) is 5.91 Å². The fourth-order valence-corrected chi connectivity index (χ4v) is 2.76. The lowest BCUT2D eigenvalue weighted by atomic mass is 9.95. The van der Waals surface area contributed by atoms with Gasteiger partial charge >= 0.3 is 0 Å². The Hall–Kier alpha value is -1.57. The van der Waals surface area contributed by atoms with Gasteiger partial charge < -0.3 is 5.32 Å². The molecule has 2 heteroatoms. The van der Waals surface area contributed by atoms with Crippen molar-refractivity contribution < 1.29 is 4.79 Å². The van der Waals surface area contributed by atoms with Crippen LogP contribution < -0.4 is 5.32 Å². The van der Waals surface area contributed by atoms with Crippen molar-refractivity contribution in [3.05, 3.63) is 48.0 Å². The molecule has 0 aliphatic heterocycles. The van der Waals surface area contributed by atoms with Gasteiger partial charge in [-0.3, -0.25) is 4.79 Å². The lowest BCUT2D eigenvalue weighted by Gasteiger charge is -2.21. The van der Waals surface area contributed by atoms with Crippen LogP contribution >= 0.6 is 0 Å². The van der Waals surface area contributed by atoms with Gasteiger partial charge in [0.25, 0.3) is 0 Å². The molecule has 20 heavy (non-hydrogen) atoms. The molecule has 1 aliphatic carbocycles. The summed E-state index contributed by atoms with van der Waals surface area (Å²) in [7, 11) is 0. The number of hydrogen-bond donors (Lipinski definition) is 1. The minimum absolute atomic E-state index is 0.0802. The van der Waals surface area contributed by atoms with Crippen molar-refractivity contribution in [2.75, 3.05) is 0 Å². The Labute approximate surface area is 122 Å². The average molecular weight is 271 g/mol. The van der Waals surface area contributed by atoms with Crippen molar-refractivity contribution in [2.45, 2.75) is 57.4 Å². The summed E-state index contributed by atoms with van der Waals surface area (Å²) in [5, 5.41) is 3.10. The van der Waals surface area contributed by atoms with E-state index in [1.807, 2.05) is 12.1 Å². The van der Waals surface area contributed by atoms with Gasteiger partial charge in [0.1, 0.15) is 0 Å². The van der Waals surface area contributed by atoms with Crippen molar-refractivity contribution in [3.8, 4) is 0 Å². The summed E-state index contributed by atoms with van der Waals surface area (Å²) in [5.41, 5.74) is 1.37. The summed E-state index contributed by atoms with van der Waals surface area (Å²) < 4.78 is 0. The van der Waals surface area contributed by atoms with Gasteiger partial charge in [0, 0.05) is 6.04 Å². The first kappa shape index (κ1) is 14.8. The minimum atomic E-state index is 0.0802. The van der Waals surface area contributed by atoms with Crippen LogP contribution in [0.2, 0.25) is 0 Å². The van der Waals surface area contributed by atoms with E-state index in [9.17, 15) is 4.79 Å². The second-order valence-electron chi connectivity index (χ2n) is 5.62. The van der Waals surface area contributed by atoms with E-state index in [2.05, 4.69) is 29.6 Å². The summed E-state index contributed by atoms with van der Waals surface area (Å²) >= 11 is 0. The number of amides is 1. The maximum atomic E-state index is 11.7. The Morgan fingerprint density at radius 3 is 2.65 bits per heavy atom. The first-order chi connectivity index (χ1) is 9.84. The van der Waals surface area contributed by atoms with Crippen LogP contribution in [-0.2, 0) is 11.2 Å². The highest BCUT2D eigenvalue weighted by Crippen LogP contribution is 2.17. The van der Waals surface area contributed by atoms with Gasteiger partial charge in [-0.05, 0) is 43.7 Å². The molecule has 0 unspecified atom stereocenters. The van der Waals surface area contributed by atoms with E-state index in [0.717, 1.165) is 32.1 Å². The van der Waals surface area contributed by atoms with E-state index in [4.69, 9.17) is 0 Å². The molecule has 0 spiro atoms. The molecule has 1 aromatic carbocycles. The van der Waals surface area contributed by atoms with E-state index in [0.29, 0.717) is 6.04 Å². The minimum Gasteiger partial charge on any atom is -0.350 e. The molecule has 2 rings (SSSR count). The fraction of sp³-hybridized carbons (Fsp3) is 0.500. The molecule has 1 amide bonds. The van der Waals surface area contributed by atoms with E-state index in [1.54, 1.807) is 6.08 Å². The highest BCUT2D eigenvalue weighted by Gasteiger charge is 2.13. The van der Waals surface area contributed by atoms with Crippen LogP contribution in [0.4, 0.5) is 0 Å². The highest BCUT2D eigenvalue weighted by atomic mass is 16.1. The largest absolute Gasteiger partial charge is 0.350 e. The monoisotopic (exact) mass is 271 g/mol. The first-order valence-electron chi connectivity index (χ1n) is 7.85. The van der Waals surface area contributed by atoms with E-state index >= 15 is 0 Å². The third-order valence-electron chi connectivity index (χ3n) is 3.90. The molecular formula is C18H25NO. The molecule has 0 aromatic heterocycles. The predicted molar refractivity (Wildman–Crippen MR) is 83.5 cm³/mol. The Morgan fingerprint density at radius 1 is 1.15 bits per heavy atom. The SMILES string of the molecule is O=C(C=CCCCc1ccccc1)NC1CCCCC1. The molecule has 0 bridgehead atoms. The molecule has 1 N–H and O–H groups in total. The van der Waals surface area contributed by atoms with E-state index < -0.39 is 0 Å². The van der Waals surface area contributed by atoms with E-state index in [-0.39, 0.29) is 5.91 Å². The lowest BCUT2D eigenvalue weighted by molar-refractivity contribution is -0.117. The zero-order valence-corrected chi connectivity index (χ0v) is 12.2. The van der Waals surface area contributed by atoms with Crippen LogP contribution in [0.25, 0.3) is 0 Å². The Morgan fingerprint density at radius 2 is 1.90 bits per heavy atom. The second-order valence-corrected chi connectivity index (χ2v) is 5.62. The summed E-state index contributed by atoms with van der Waals surface area (Å²) in [5.74, 6) is 0.0802. The van der Waals surface area contributed by atoms with Crippen LogP contribution in [0.15, 0.2) is 42.5 Å². The van der Waals surface area contributed by atoms with Crippen molar-refractivity contribution in [3.63, 3.8) is 0 Å². The molecule has 0 saturated heterocycles. The van der Waals surface area contributed by atoms with Crippen LogP contribution in [0.3, 0.4) is 0 Å². The molecule has 0 heterocycles. The number of carbonyl (C=O) groups excluding carboxylic acids is 1. The number of hydrogen-bond acceptors (Lipinski definition) is 1. The fourth-order valence-electron chi connectivity index (χ4n) is 2.76.